The molecular formula is C23H28N4O4S2. The summed E-state index contributed by atoms with van der Waals surface area (Å²) in [6.45, 7) is 12.8. The molecule has 0 amide bonds. The normalized spacial score (nSPS) is 12.0. The summed E-state index contributed by atoms with van der Waals surface area (Å²) in [4.78, 5) is 8.44. The highest BCUT2D eigenvalue weighted by Gasteiger charge is 2.24. The molecule has 0 radical (unpaired) electrons. The van der Waals surface area contributed by atoms with Crippen molar-refractivity contribution in [3.63, 3.8) is 0 Å². The molecule has 0 aliphatic heterocycles. The third-order valence-electron chi connectivity index (χ3n) is 5.82. The molecule has 0 bridgehead atoms. The predicted molar refractivity (Wildman–Crippen MR) is 130 cm³/mol. The lowest BCUT2D eigenvalue weighted by atomic mass is 9.95. The summed E-state index contributed by atoms with van der Waals surface area (Å²) < 4.78 is 56.8. The number of hydrogen-bond donors (Lipinski definition) is 2. The lowest BCUT2D eigenvalue weighted by molar-refractivity contribution is 0.599. The van der Waals surface area contributed by atoms with E-state index < -0.39 is 20.0 Å². The van der Waals surface area contributed by atoms with Gasteiger partial charge >= 0.3 is 0 Å². The van der Waals surface area contributed by atoms with Crippen molar-refractivity contribution in [1.29, 1.82) is 0 Å². The fourth-order valence-electron chi connectivity index (χ4n) is 3.74. The quantitative estimate of drug-likeness (QED) is 0.536. The van der Waals surface area contributed by atoms with Gasteiger partial charge in [0.1, 0.15) is 11.6 Å². The van der Waals surface area contributed by atoms with E-state index in [-0.39, 0.29) is 21.3 Å². The van der Waals surface area contributed by atoms with Crippen molar-refractivity contribution in [2.45, 2.75) is 58.3 Å². The van der Waals surface area contributed by atoms with Crippen LogP contribution >= 0.6 is 0 Å². The molecule has 0 spiro atoms. The van der Waals surface area contributed by atoms with Crippen LogP contribution in [0.4, 0.5) is 11.5 Å². The van der Waals surface area contributed by atoms with Gasteiger partial charge in [0.15, 0.2) is 0 Å². The molecule has 3 rings (SSSR count). The van der Waals surface area contributed by atoms with Crippen LogP contribution in [0, 0.1) is 48.5 Å². The van der Waals surface area contributed by atoms with E-state index in [2.05, 4.69) is 19.4 Å². The zero-order valence-electron chi connectivity index (χ0n) is 19.7. The molecule has 8 nitrogen and oxygen atoms in total. The van der Waals surface area contributed by atoms with Crippen molar-refractivity contribution in [3.8, 4) is 0 Å². The maximum atomic E-state index is 13.2. The third kappa shape index (κ3) is 5.01. The van der Waals surface area contributed by atoms with Gasteiger partial charge < -0.3 is 0 Å². The van der Waals surface area contributed by atoms with Crippen LogP contribution in [0.2, 0.25) is 0 Å². The van der Waals surface area contributed by atoms with Crippen LogP contribution in [0.25, 0.3) is 0 Å². The first-order chi connectivity index (χ1) is 15.2. The smallest absolute Gasteiger partial charge is 0.263 e. The molecule has 2 aromatic carbocycles. The Morgan fingerprint density at radius 1 is 0.636 bits per heavy atom. The summed E-state index contributed by atoms with van der Waals surface area (Å²) in [6, 6.07) is 7.05. The minimum absolute atomic E-state index is 0.0197. The molecule has 0 unspecified atom stereocenters. The van der Waals surface area contributed by atoms with E-state index in [4.69, 9.17) is 0 Å². The van der Waals surface area contributed by atoms with Crippen LogP contribution in [-0.2, 0) is 20.0 Å². The average molecular weight is 489 g/mol. The zero-order chi connectivity index (χ0) is 24.7. The van der Waals surface area contributed by atoms with Crippen LogP contribution in [0.5, 0.6) is 0 Å². The van der Waals surface area contributed by atoms with E-state index in [1.165, 1.54) is 30.3 Å². The van der Waals surface area contributed by atoms with Crippen molar-refractivity contribution >= 4 is 31.6 Å². The van der Waals surface area contributed by atoms with Crippen molar-refractivity contribution < 1.29 is 16.8 Å². The second-order valence-corrected chi connectivity index (χ2v) is 11.4. The molecule has 1 aromatic heterocycles. The van der Waals surface area contributed by atoms with Crippen LogP contribution in [0.3, 0.4) is 0 Å². The Morgan fingerprint density at radius 2 is 1.15 bits per heavy atom. The highest BCUT2D eigenvalue weighted by Crippen LogP contribution is 2.31. The molecule has 0 atom stereocenters. The first kappa shape index (κ1) is 24.7. The molecule has 33 heavy (non-hydrogen) atoms. The van der Waals surface area contributed by atoms with E-state index in [9.17, 15) is 16.8 Å². The van der Waals surface area contributed by atoms with Crippen LogP contribution < -0.4 is 9.44 Å². The number of anilines is 2. The maximum Gasteiger partial charge on any atom is 0.263 e. The van der Waals surface area contributed by atoms with Gasteiger partial charge in [0.2, 0.25) is 0 Å². The van der Waals surface area contributed by atoms with Gasteiger partial charge in [0, 0.05) is 17.4 Å². The topological polar surface area (TPSA) is 118 Å². The number of aryl methyl sites for hydroxylation is 2. The first-order valence-electron chi connectivity index (χ1n) is 10.3. The molecule has 0 saturated carbocycles. The number of benzene rings is 2. The van der Waals surface area contributed by atoms with E-state index in [0.717, 1.165) is 16.7 Å². The largest absolute Gasteiger partial charge is 0.280 e. The van der Waals surface area contributed by atoms with Gasteiger partial charge in [0.25, 0.3) is 20.0 Å². The van der Waals surface area contributed by atoms with Crippen molar-refractivity contribution in [3.05, 3.63) is 69.7 Å². The zero-order valence-corrected chi connectivity index (χ0v) is 21.4. The van der Waals surface area contributed by atoms with Gasteiger partial charge in [-0.1, -0.05) is 0 Å². The SMILES string of the molecule is Cc1cc(NS(=O)(=O)c2ccc(NS(=O)(=O)c3c(C)c(C)c(C)c(C)c3C)cc2)nc(C)n1. The number of nitrogens with zero attached hydrogens (tertiary/aromatic N) is 2. The lowest BCUT2D eigenvalue weighted by Gasteiger charge is -2.19. The van der Waals surface area contributed by atoms with Crippen LogP contribution in [-0.4, -0.2) is 26.8 Å². The highest BCUT2D eigenvalue weighted by molar-refractivity contribution is 7.93. The second kappa shape index (κ2) is 8.75. The summed E-state index contributed by atoms with van der Waals surface area (Å²) in [5, 5.41) is 0. The minimum Gasteiger partial charge on any atom is -0.280 e. The summed E-state index contributed by atoms with van der Waals surface area (Å²) >= 11 is 0. The van der Waals surface area contributed by atoms with E-state index >= 15 is 0 Å². The summed E-state index contributed by atoms with van der Waals surface area (Å²) in [5.74, 6) is 0.616. The summed E-state index contributed by atoms with van der Waals surface area (Å²) in [7, 11) is -7.78. The number of rotatable bonds is 6. The Bertz CT molecular complexity index is 1400. The monoisotopic (exact) mass is 488 g/mol. The molecule has 0 aliphatic carbocycles. The van der Waals surface area contributed by atoms with Crippen molar-refractivity contribution in [1.82, 2.24) is 9.97 Å². The number of sulfonamides is 2. The number of hydrogen-bond acceptors (Lipinski definition) is 6. The molecule has 3 aromatic rings. The summed E-state index contributed by atoms with van der Waals surface area (Å²) in [5.41, 5.74) is 5.22. The Balaban J connectivity index is 1.89. The third-order valence-corrected chi connectivity index (χ3v) is 8.85. The van der Waals surface area contributed by atoms with E-state index in [0.29, 0.717) is 22.6 Å². The molecule has 10 heteroatoms. The molecule has 176 valence electrons. The number of nitrogens with one attached hydrogen (secondary N) is 2. The number of aromatic nitrogens is 2. The van der Waals surface area contributed by atoms with Crippen LogP contribution in [0.1, 0.15) is 39.3 Å². The van der Waals surface area contributed by atoms with Gasteiger partial charge in [-0.3, -0.25) is 9.44 Å². The molecule has 2 N–H and O–H groups in total. The first-order valence-corrected chi connectivity index (χ1v) is 13.2. The van der Waals surface area contributed by atoms with Gasteiger partial charge in [-0.15, -0.1) is 0 Å². The fraction of sp³-hybridized carbons (Fsp3) is 0.304. The molecular weight excluding hydrogens is 460 g/mol. The Morgan fingerprint density at radius 3 is 1.67 bits per heavy atom. The Kier molecular flexibility index (Phi) is 6.54. The molecule has 0 aliphatic rings. The standard InChI is InChI=1S/C23H28N4O4S2/c1-13-12-22(25-19(7)24-13)27-32(28,29)21-10-8-20(9-11-21)26-33(30,31)23-17(5)15(3)14(2)16(4)18(23)6/h8-12,26H,1-7H3,(H,24,25,27). The summed E-state index contributed by atoms with van der Waals surface area (Å²) in [6.07, 6.45) is 0. The maximum absolute atomic E-state index is 13.2. The average Bonchev–Trinajstić information content (AvgIpc) is 2.69. The van der Waals surface area contributed by atoms with Gasteiger partial charge in [-0.05, 0) is 101 Å². The van der Waals surface area contributed by atoms with Gasteiger partial charge in [0.05, 0.1) is 9.79 Å². The fourth-order valence-corrected chi connectivity index (χ4v) is 6.40. The minimum atomic E-state index is -3.91. The highest BCUT2D eigenvalue weighted by atomic mass is 32.2. The van der Waals surface area contributed by atoms with E-state index in [1.54, 1.807) is 27.7 Å². The van der Waals surface area contributed by atoms with Crippen molar-refractivity contribution in [2.24, 2.45) is 0 Å². The molecule has 0 saturated heterocycles. The van der Waals surface area contributed by atoms with E-state index in [1.807, 2.05) is 20.8 Å². The Labute approximate surface area is 195 Å². The van der Waals surface area contributed by atoms with Crippen LogP contribution in [0.15, 0.2) is 40.1 Å². The predicted octanol–water partition coefficient (Wildman–Crippen LogP) is 4.24. The molecule has 1 heterocycles. The Hall–Kier alpha value is -2.98. The molecule has 0 fully saturated rings. The van der Waals surface area contributed by atoms with Gasteiger partial charge in [-0.25, -0.2) is 26.8 Å². The second-order valence-electron chi connectivity index (χ2n) is 8.13. The lowest BCUT2D eigenvalue weighted by Crippen LogP contribution is -2.18. The van der Waals surface area contributed by atoms with Gasteiger partial charge in [-0.2, -0.15) is 0 Å². The van der Waals surface area contributed by atoms with Crippen molar-refractivity contribution in [2.75, 3.05) is 9.44 Å².